The Kier molecular flexibility index (Phi) is 12.5. The summed E-state index contributed by atoms with van der Waals surface area (Å²) in [4.78, 5) is 19.4. The molecule has 2 aromatic rings. The van der Waals surface area contributed by atoms with Crippen molar-refractivity contribution in [2.24, 2.45) is 4.99 Å². The van der Waals surface area contributed by atoms with Gasteiger partial charge in [-0.25, -0.2) is 4.39 Å². The summed E-state index contributed by atoms with van der Waals surface area (Å²) >= 11 is 6.77. The molecule has 1 amide bonds. The number of halogens is 1. The second kappa shape index (κ2) is 15.6. The van der Waals surface area contributed by atoms with Crippen LogP contribution in [0.4, 0.5) is 10.1 Å². The Morgan fingerprint density at radius 3 is 2.69 bits per heavy atom. The number of aliphatic imine (C=N–C) groups is 1. The van der Waals surface area contributed by atoms with Crippen molar-refractivity contribution in [3.63, 3.8) is 0 Å². The number of nitrogens with zero attached hydrogens (tertiary/aromatic N) is 2. The molecule has 0 unspecified atom stereocenters. The minimum Gasteiger partial charge on any atom is -0.508 e. The van der Waals surface area contributed by atoms with E-state index in [1.165, 1.54) is 42.1 Å². The number of rotatable bonds is 12. The third-order valence-corrected chi connectivity index (χ3v) is 5.85. The van der Waals surface area contributed by atoms with Crippen LogP contribution in [0.1, 0.15) is 26.2 Å². The molecule has 0 radical (unpaired) electrons. The molecule has 3 N–H and O–H groups in total. The molecule has 0 saturated heterocycles. The fourth-order valence-corrected chi connectivity index (χ4v) is 3.95. The van der Waals surface area contributed by atoms with E-state index in [0.29, 0.717) is 34.9 Å². The van der Waals surface area contributed by atoms with Crippen LogP contribution in [0, 0.1) is 18.2 Å². The number of unbranched alkanes of at least 4 members (excludes halogenated alkanes) is 1. The van der Waals surface area contributed by atoms with Crippen molar-refractivity contribution in [2.75, 3.05) is 31.2 Å². The molecule has 0 fully saturated rings. The van der Waals surface area contributed by atoms with Crippen LogP contribution in [-0.4, -0.2) is 53.1 Å². The van der Waals surface area contributed by atoms with Crippen LogP contribution < -0.4 is 10.6 Å². The zero-order valence-corrected chi connectivity index (χ0v) is 22.1. The molecule has 2 aromatic carbocycles. The van der Waals surface area contributed by atoms with E-state index >= 15 is 0 Å². The lowest BCUT2D eigenvalue weighted by atomic mass is 10.0. The molecule has 0 aromatic heterocycles. The first-order chi connectivity index (χ1) is 17.4. The average molecular weight is 527 g/mol. The highest BCUT2D eigenvalue weighted by molar-refractivity contribution is 8.01. The van der Waals surface area contributed by atoms with Crippen molar-refractivity contribution in [2.45, 2.75) is 26.2 Å². The summed E-state index contributed by atoms with van der Waals surface area (Å²) in [7, 11) is 0. The molecule has 0 aliphatic heterocycles. The lowest BCUT2D eigenvalue weighted by Gasteiger charge is -2.24. The van der Waals surface area contributed by atoms with E-state index in [2.05, 4.69) is 33.4 Å². The summed E-state index contributed by atoms with van der Waals surface area (Å²) in [6.45, 7) is 4.05. The van der Waals surface area contributed by atoms with Gasteiger partial charge in [-0.05, 0) is 73.6 Å². The summed E-state index contributed by atoms with van der Waals surface area (Å²) in [5.41, 5.74) is 1.85. The van der Waals surface area contributed by atoms with E-state index in [4.69, 9.17) is 18.6 Å². The third kappa shape index (κ3) is 9.36. The van der Waals surface area contributed by atoms with Gasteiger partial charge < -0.3 is 20.6 Å². The SMILES string of the molecule is C#CCNC(=S)N(CCC)CCCC=N/C(=C\SC)C(=O)Nc1ccc(F)cc1-c1ccc(O)cc1. The predicted octanol–water partition coefficient (Wildman–Crippen LogP) is 5.41. The van der Waals surface area contributed by atoms with Crippen molar-refractivity contribution < 1.29 is 14.3 Å². The van der Waals surface area contributed by atoms with Gasteiger partial charge in [-0.15, -0.1) is 18.2 Å². The van der Waals surface area contributed by atoms with Crippen LogP contribution in [-0.2, 0) is 4.79 Å². The summed E-state index contributed by atoms with van der Waals surface area (Å²) in [6.07, 6.45) is 11.3. The maximum Gasteiger partial charge on any atom is 0.274 e. The van der Waals surface area contributed by atoms with Gasteiger partial charge in [0.05, 0.1) is 6.54 Å². The van der Waals surface area contributed by atoms with Crippen molar-refractivity contribution in [3.8, 4) is 29.2 Å². The van der Waals surface area contributed by atoms with Gasteiger partial charge in [0.1, 0.15) is 17.3 Å². The van der Waals surface area contributed by atoms with Crippen molar-refractivity contribution in [3.05, 3.63) is 59.4 Å². The molecule has 190 valence electrons. The zero-order valence-electron chi connectivity index (χ0n) is 20.5. The summed E-state index contributed by atoms with van der Waals surface area (Å²) in [5, 5.41) is 17.7. The topological polar surface area (TPSA) is 77.0 Å². The molecule has 2 rings (SSSR count). The van der Waals surface area contributed by atoms with Crippen LogP contribution in [0.2, 0.25) is 0 Å². The third-order valence-electron chi connectivity index (χ3n) is 4.98. The van der Waals surface area contributed by atoms with Crippen LogP contribution in [0.5, 0.6) is 5.75 Å². The molecule has 0 aliphatic rings. The first-order valence-corrected chi connectivity index (χ1v) is 13.2. The molecule has 0 aliphatic carbocycles. The van der Waals surface area contributed by atoms with Gasteiger partial charge in [0.25, 0.3) is 5.91 Å². The summed E-state index contributed by atoms with van der Waals surface area (Å²) in [6, 6.07) is 10.5. The Morgan fingerprint density at radius 1 is 1.28 bits per heavy atom. The minimum absolute atomic E-state index is 0.101. The monoisotopic (exact) mass is 526 g/mol. The number of hydrogen-bond acceptors (Lipinski definition) is 5. The highest BCUT2D eigenvalue weighted by atomic mass is 32.2. The predicted molar refractivity (Wildman–Crippen MR) is 153 cm³/mol. The maximum atomic E-state index is 14.0. The van der Waals surface area contributed by atoms with Gasteiger partial charge in [0, 0.05) is 36.0 Å². The molecule has 6 nitrogen and oxygen atoms in total. The summed E-state index contributed by atoms with van der Waals surface area (Å²) < 4.78 is 14.0. The normalized spacial score (nSPS) is 11.2. The standard InChI is InChI=1S/C27H31FN4O2S2/c1-4-14-30-27(35)32(16-5-2)17-7-6-15-29-25(19-36-3)26(34)31-24-13-10-21(28)18-23(24)20-8-11-22(33)12-9-20/h1,8-13,15,18-19,33H,5-7,14,16-17H2,2-3H3,(H,30,35)(H,31,34)/b25-19-,29-15?. The fraction of sp³-hybridized carbons (Fsp3) is 0.296. The van der Waals surface area contributed by atoms with Gasteiger partial charge in [-0.1, -0.05) is 25.0 Å². The number of thiocarbonyl (C=S) groups is 1. The molecule has 0 bridgehead atoms. The maximum absolute atomic E-state index is 14.0. The Morgan fingerprint density at radius 2 is 2.03 bits per heavy atom. The number of anilines is 1. The first-order valence-electron chi connectivity index (χ1n) is 11.5. The number of carbonyl (C=O) groups is 1. The van der Waals surface area contributed by atoms with Gasteiger partial charge in [-0.3, -0.25) is 9.79 Å². The second-order valence-corrected chi connectivity index (χ2v) is 8.83. The van der Waals surface area contributed by atoms with Gasteiger partial charge >= 0.3 is 0 Å². The Hall–Kier alpha value is -3.35. The fourth-order valence-electron chi connectivity index (χ4n) is 3.31. The second-order valence-electron chi connectivity index (χ2n) is 7.73. The number of phenols is 1. The van der Waals surface area contributed by atoms with Crippen LogP contribution in [0.15, 0.2) is 58.6 Å². The number of phenolic OH excluding ortho intramolecular Hbond substituents is 1. The smallest absolute Gasteiger partial charge is 0.274 e. The van der Waals surface area contributed by atoms with Gasteiger partial charge in [-0.2, -0.15) is 0 Å². The molecule has 0 heterocycles. The zero-order chi connectivity index (χ0) is 26.3. The number of aromatic hydroxyl groups is 1. The molecule has 0 saturated carbocycles. The molecule has 36 heavy (non-hydrogen) atoms. The number of terminal acetylenes is 1. The minimum atomic E-state index is -0.430. The molecule has 0 atom stereocenters. The Balaban J connectivity index is 2.04. The number of nitrogens with one attached hydrogen (secondary N) is 2. The highest BCUT2D eigenvalue weighted by Gasteiger charge is 2.13. The van der Waals surface area contributed by atoms with E-state index in [1.807, 2.05) is 6.26 Å². The lowest BCUT2D eigenvalue weighted by molar-refractivity contribution is -0.112. The van der Waals surface area contributed by atoms with E-state index in [1.54, 1.807) is 23.8 Å². The molecular formula is C27H31FN4O2S2. The van der Waals surface area contributed by atoms with E-state index in [0.717, 1.165) is 25.9 Å². The first kappa shape index (κ1) is 28.9. The highest BCUT2D eigenvalue weighted by Crippen LogP contribution is 2.30. The van der Waals surface area contributed by atoms with Crippen molar-refractivity contribution >= 4 is 46.9 Å². The van der Waals surface area contributed by atoms with E-state index < -0.39 is 11.7 Å². The Bertz CT molecular complexity index is 1130. The molecular weight excluding hydrogens is 495 g/mol. The number of amides is 1. The molecule has 0 spiro atoms. The quantitative estimate of drug-likeness (QED) is 0.113. The number of hydrogen-bond donors (Lipinski definition) is 3. The Labute approximate surface area is 222 Å². The average Bonchev–Trinajstić information content (AvgIpc) is 2.87. The van der Waals surface area contributed by atoms with Crippen LogP contribution in [0.3, 0.4) is 0 Å². The molecule has 9 heteroatoms. The van der Waals surface area contributed by atoms with E-state index in [-0.39, 0.29) is 11.4 Å². The number of benzene rings is 2. The number of thioether (sulfide) groups is 1. The summed E-state index contributed by atoms with van der Waals surface area (Å²) in [5.74, 6) is 1.79. The van der Waals surface area contributed by atoms with E-state index in [9.17, 15) is 14.3 Å². The van der Waals surface area contributed by atoms with Gasteiger partial charge in [0.2, 0.25) is 0 Å². The van der Waals surface area contributed by atoms with Crippen molar-refractivity contribution in [1.29, 1.82) is 0 Å². The lowest BCUT2D eigenvalue weighted by Crippen LogP contribution is -2.40. The largest absolute Gasteiger partial charge is 0.508 e. The van der Waals surface area contributed by atoms with Crippen LogP contribution >= 0.6 is 24.0 Å². The van der Waals surface area contributed by atoms with Crippen molar-refractivity contribution in [1.82, 2.24) is 10.2 Å². The number of carbonyl (C=O) groups excluding carboxylic acids is 1. The van der Waals surface area contributed by atoms with Crippen LogP contribution in [0.25, 0.3) is 11.1 Å². The van der Waals surface area contributed by atoms with Gasteiger partial charge in [0.15, 0.2) is 5.11 Å².